The predicted octanol–water partition coefficient (Wildman–Crippen LogP) is 3.45. The molecule has 1 aliphatic rings. The maximum absolute atomic E-state index is 12.4. The van der Waals surface area contributed by atoms with Crippen LogP contribution < -0.4 is 5.43 Å². The molecule has 1 aliphatic carbocycles. The average Bonchev–Trinajstić information content (AvgIpc) is 2.54. The van der Waals surface area contributed by atoms with E-state index < -0.39 is 0 Å². The first-order valence-electron chi connectivity index (χ1n) is 6.09. The van der Waals surface area contributed by atoms with Gasteiger partial charge in [-0.15, -0.1) is 0 Å². The minimum absolute atomic E-state index is 0.187. The first-order chi connectivity index (χ1) is 8.25. The van der Waals surface area contributed by atoms with Crippen LogP contribution >= 0.6 is 11.6 Å². The molecule has 2 nitrogen and oxygen atoms in total. The zero-order valence-electron chi connectivity index (χ0n) is 9.55. The second kappa shape index (κ2) is 4.19. The van der Waals surface area contributed by atoms with Crippen molar-refractivity contribution in [2.24, 2.45) is 0 Å². The van der Waals surface area contributed by atoms with Crippen molar-refractivity contribution in [2.45, 2.75) is 32.1 Å². The van der Waals surface area contributed by atoms with Crippen LogP contribution in [-0.2, 0) is 12.8 Å². The maximum Gasteiger partial charge on any atom is 0.192 e. The van der Waals surface area contributed by atoms with Crippen LogP contribution in [0.15, 0.2) is 23.0 Å². The van der Waals surface area contributed by atoms with Gasteiger partial charge in [0.25, 0.3) is 0 Å². The third kappa shape index (κ3) is 1.87. The molecule has 1 aromatic heterocycles. The van der Waals surface area contributed by atoms with Crippen LogP contribution in [0.25, 0.3) is 10.9 Å². The van der Waals surface area contributed by atoms with Gasteiger partial charge in [-0.3, -0.25) is 4.79 Å². The van der Waals surface area contributed by atoms with Crippen molar-refractivity contribution in [3.8, 4) is 0 Å². The standard InChI is InChI=1S/C14H14ClNO/c15-9-6-7-11-13(8-9)16-12-5-3-1-2-4-10(12)14(11)17/h6-8H,1-5H2,(H,16,17). The highest BCUT2D eigenvalue weighted by Gasteiger charge is 2.14. The molecule has 0 saturated carbocycles. The van der Waals surface area contributed by atoms with Crippen molar-refractivity contribution >= 4 is 22.5 Å². The smallest absolute Gasteiger partial charge is 0.192 e. The summed E-state index contributed by atoms with van der Waals surface area (Å²) in [5.74, 6) is 0. The lowest BCUT2D eigenvalue weighted by molar-refractivity contribution is 0.708. The van der Waals surface area contributed by atoms with E-state index in [1.165, 1.54) is 6.42 Å². The lowest BCUT2D eigenvalue weighted by atomic mass is 10.0. The molecular formula is C14H14ClNO. The van der Waals surface area contributed by atoms with Crippen molar-refractivity contribution in [1.82, 2.24) is 4.98 Å². The van der Waals surface area contributed by atoms with E-state index in [0.717, 1.165) is 47.8 Å². The van der Waals surface area contributed by atoms with E-state index in [1.54, 1.807) is 6.07 Å². The summed E-state index contributed by atoms with van der Waals surface area (Å²) in [6, 6.07) is 5.44. The largest absolute Gasteiger partial charge is 0.358 e. The Morgan fingerprint density at radius 2 is 1.94 bits per heavy atom. The molecule has 1 aromatic carbocycles. The van der Waals surface area contributed by atoms with Gasteiger partial charge in [-0.05, 0) is 43.9 Å². The van der Waals surface area contributed by atoms with Gasteiger partial charge in [-0.1, -0.05) is 18.0 Å². The molecule has 0 saturated heterocycles. The molecule has 0 amide bonds. The van der Waals surface area contributed by atoms with E-state index in [9.17, 15) is 4.79 Å². The molecule has 0 bridgehead atoms. The quantitative estimate of drug-likeness (QED) is 0.711. The summed E-state index contributed by atoms with van der Waals surface area (Å²) in [5, 5.41) is 1.43. The number of aromatic nitrogens is 1. The number of pyridine rings is 1. The first-order valence-corrected chi connectivity index (χ1v) is 6.47. The number of nitrogens with one attached hydrogen (secondary N) is 1. The number of H-pyrrole nitrogens is 1. The van der Waals surface area contributed by atoms with Crippen LogP contribution in [0.5, 0.6) is 0 Å². The topological polar surface area (TPSA) is 32.9 Å². The summed E-state index contributed by atoms with van der Waals surface area (Å²) in [6.45, 7) is 0. The predicted molar refractivity (Wildman–Crippen MR) is 70.8 cm³/mol. The molecule has 0 spiro atoms. The highest BCUT2D eigenvalue weighted by molar-refractivity contribution is 6.31. The van der Waals surface area contributed by atoms with Gasteiger partial charge in [0, 0.05) is 21.7 Å². The fourth-order valence-corrected chi connectivity index (χ4v) is 2.79. The number of aromatic amines is 1. The van der Waals surface area contributed by atoms with Crippen LogP contribution in [0.1, 0.15) is 30.5 Å². The number of halogens is 1. The van der Waals surface area contributed by atoms with E-state index >= 15 is 0 Å². The van der Waals surface area contributed by atoms with Crippen LogP contribution in [0.3, 0.4) is 0 Å². The second-order valence-electron chi connectivity index (χ2n) is 4.66. The molecule has 17 heavy (non-hydrogen) atoms. The van der Waals surface area contributed by atoms with Gasteiger partial charge in [0.05, 0.1) is 5.52 Å². The Kier molecular flexibility index (Phi) is 2.67. The number of aryl methyl sites for hydroxylation is 1. The number of rotatable bonds is 0. The van der Waals surface area contributed by atoms with Gasteiger partial charge in [0.15, 0.2) is 5.43 Å². The Labute approximate surface area is 105 Å². The molecular weight excluding hydrogens is 234 g/mol. The van der Waals surface area contributed by atoms with Crippen LogP contribution in [0, 0.1) is 0 Å². The monoisotopic (exact) mass is 247 g/mol. The zero-order chi connectivity index (χ0) is 11.8. The maximum atomic E-state index is 12.4. The van der Waals surface area contributed by atoms with Gasteiger partial charge in [-0.25, -0.2) is 0 Å². The van der Waals surface area contributed by atoms with Gasteiger partial charge < -0.3 is 4.98 Å². The molecule has 2 aromatic rings. The van der Waals surface area contributed by atoms with Gasteiger partial charge in [-0.2, -0.15) is 0 Å². The van der Waals surface area contributed by atoms with Crippen molar-refractivity contribution < 1.29 is 0 Å². The van der Waals surface area contributed by atoms with Gasteiger partial charge in [0.2, 0.25) is 0 Å². The van der Waals surface area contributed by atoms with Crippen LogP contribution in [0.4, 0.5) is 0 Å². The van der Waals surface area contributed by atoms with E-state index in [2.05, 4.69) is 4.98 Å². The molecule has 0 fully saturated rings. The fraction of sp³-hybridized carbons (Fsp3) is 0.357. The van der Waals surface area contributed by atoms with Crippen molar-refractivity contribution in [3.05, 3.63) is 44.7 Å². The third-order valence-electron chi connectivity index (χ3n) is 3.50. The normalized spacial score (nSPS) is 15.6. The minimum atomic E-state index is 0.187. The summed E-state index contributed by atoms with van der Waals surface area (Å²) in [5.41, 5.74) is 3.15. The molecule has 0 aliphatic heterocycles. The number of fused-ring (bicyclic) bond motifs is 2. The van der Waals surface area contributed by atoms with Gasteiger partial charge in [0.1, 0.15) is 0 Å². The number of hydrogen-bond acceptors (Lipinski definition) is 1. The fourth-order valence-electron chi connectivity index (χ4n) is 2.61. The summed E-state index contributed by atoms with van der Waals surface area (Å²) in [4.78, 5) is 15.8. The molecule has 0 radical (unpaired) electrons. The van der Waals surface area contributed by atoms with Crippen LogP contribution in [-0.4, -0.2) is 4.98 Å². The average molecular weight is 248 g/mol. The molecule has 3 heteroatoms. The summed E-state index contributed by atoms with van der Waals surface area (Å²) in [6.07, 6.45) is 5.37. The van der Waals surface area contributed by atoms with Gasteiger partial charge >= 0.3 is 0 Å². The SMILES string of the molecule is O=c1c2c([nH]c3cc(Cl)ccc13)CCCCC2. The Balaban J connectivity index is 2.33. The minimum Gasteiger partial charge on any atom is -0.358 e. The number of hydrogen-bond donors (Lipinski definition) is 1. The summed E-state index contributed by atoms with van der Waals surface area (Å²) in [7, 11) is 0. The third-order valence-corrected chi connectivity index (χ3v) is 3.74. The molecule has 1 N–H and O–H groups in total. The summed E-state index contributed by atoms with van der Waals surface area (Å²) < 4.78 is 0. The Hall–Kier alpha value is -1.28. The molecule has 88 valence electrons. The van der Waals surface area contributed by atoms with E-state index in [4.69, 9.17) is 11.6 Å². The highest BCUT2D eigenvalue weighted by atomic mass is 35.5. The van der Waals surface area contributed by atoms with Crippen molar-refractivity contribution in [3.63, 3.8) is 0 Å². The summed E-state index contributed by atoms with van der Waals surface area (Å²) >= 11 is 5.96. The van der Waals surface area contributed by atoms with E-state index in [0.29, 0.717) is 5.02 Å². The van der Waals surface area contributed by atoms with E-state index in [-0.39, 0.29) is 5.43 Å². The van der Waals surface area contributed by atoms with Crippen LogP contribution in [0.2, 0.25) is 5.02 Å². The number of benzene rings is 1. The molecule has 0 atom stereocenters. The highest BCUT2D eigenvalue weighted by Crippen LogP contribution is 2.21. The second-order valence-corrected chi connectivity index (χ2v) is 5.10. The Morgan fingerprint density at radius 1 is 1.12 bits per heavy atom. The molecule has 3 rings (SSSR count). The van der Waals surface area contributed by atoms with Crippen molar-refractivity contribution in [1.29, 1.82) is 0 Å². The first kappa shape index (κ1) is 10.8. The zero-order valence-corrected chi connectivity index (χ0v) is 10.3. The molecule has 1 heterocycles. The van der Waals surface area contributed by atoms with Crippen molar-refractivity contribution in [2.75, 3.05) is 0 Å². The van der Waals surface area contributed by atoms with E-state index in [1.807, 2.05) is 12.1 Å². The lowest BCUT2D eigenvalue weighted by Gasteiger charge is -2.08. The lowest BCUT2D eigenvalue weighted by Crippen LogP contribution is -2.13. The Morgan fingerprint density at radius 3 is 2.82 bits per heavy atom. The molecule has 0 unspecified atom stereocenters. The Bertz CT molecular complexity index is 630.